The molecule has 0 bridgehead atoms. The van der Waals surface area contributed by atoms with E-state index >= 15 is 0 Å². The lowest BCUT2D eigenvalue weighted by molar-refractivity contribution is -0.957. The second-order valence-corrected chi connectivity index (χ2v) is 6.91. The van der Waals surface area contributed by atoms with Crippen molar-refractivity contribution in [3.8, 4) is 0 Å². The maximum atomic E-state index is 4.08. The summed E-state index contributed by atoms with van der Waals surface area (Å²) in [6.45, 7) is 15.1. The Morgan fingerprint density at radius 3 is 1.90 bits per heavy atom. The lowest BCUT2D eigenvalue weighted by atomic mass is 10.0. The van der Waals surface area contributed by atoms with Gasteiger partial charge in [0.25, 0.3) is 0 Å². The van der Waals surface area contributed by atoms with E-state index in [1.54, 1.807) is 0 Å². The number of nitrogens with zero attached hydrogens (tertiary/aromatic N) is 1. The summed E-state index contributed by atoms with van der Waals surface area (Å²) >= 11 is 0. The smallest absolute Gasteiger partial charge is 0.0997 e. The van der Waals surface area contributed by atoms with E-state index in [2.05, 4.69) is 33.4 Å². The monoisotopic (exact) mass is 280 g/mol. The minimum Gasteiger partial charge on any atom is -0.316 e. The van der Waals surface area contributed by atoms with Crippen molar-refractivity contribution in [3.05, 3.63) is 12.7 Å². The summed E-state index contributed by atoms with van der Waals surface area (Å²) in [6.07, 6.45) is 16.2. The molecule has 0 aromatic carbocycles. The van der Waals surface area contributed by atoms with Gasteiger partial charge in [-0.3, -0.25) is 0 Å². The van der Waals surface area contributed by atoms with Gasteiger partial charge in [0.2, 0.25) is 0 Å². The van der Waals surface area contributed by atoms with Crippen LogP contribution in [0, 0.1) is 0 Å². The average Bonchev–Trinajstić information content (AvgIpc) is 3.25. The number of hydrogen-bond acceptors (Lipinski definition) is 0. The summed E-state index contributed by atoms with van der Waals surface area (Å²) in [6, 6.07) is 0. The third kappa shape index (κ3) is 4.35. The molecule has 0 aromatic heterocycles. The van der Waals surface area contributed by atoms with Crippen LogP contribution in [0.1, 0.15) is 85.0 Å². The van der Waals surface area contributed by atoms with E-state index in [0.29, 0.717) is 5.54 Å². The maximum Gasteiger partial charge on any atom is 0.0997 e. The second-order valence-electron chi connectivity index (χ2n) is 6.91. The van der Waals surface area contributed by atoms with Crippen LogP contribution in [-0.4, -0.2) is 29.7 Å². The molecular weight excluding hydrogens is 242 g/mol. The van der Waals surface area contributed by atoms with Gasteiger partial charge in [0, 0.05) is 12.8 Å². The summed E-state index contributed by atoms with van der Waals surface area (Å²) in [5, 5.41) is 0. The van der Waals surface area contributed by atoms with Crippen LogP contribution >= 0.6 is 0 Å². The minimum absolute atomic E-state index is 0.619. The van der Waals surface area contributed by atoms with Crippen LogP contribution in [0.15, 0.2) is 12.7 Å². The van der Waals surface area contributed by atoms with Crippen molar-refractivity contribution >= 4 is 0 Å². The lowest BCUT2D eigenvalue weighted by Gasteiger charge is -2.45. The average molecular weight is 281 g/mol. The van der Waals surface area contributed by atoms with Gasteiger partial charge in [-0.1, -0.05) is 46.6 Å². The predicted octanol–water partition coefficient (Wildman–Crippen LogP) is 5.70. The first kappa shape index (κ1) is 17.8. The van der Waals surface area contributed by atoms with Crippen molar-refractivity contribution in [2.24, 2.45) is 0 Å². The summed E-state index contributed by atoms with van der Waals surface area (Å²) in [4.78, 5) is 0. The Morgan fingerprint density at radius 2 is 1.45 bits per heavy atom. The van der Waals surface area contributed by atoms with Crippen molar-refractivity contribution in [2.75, 3.05) is 19.6 Å². The zero-order valence-corrected chi connectivity index (χ0v) is 14.4. The zero-order valence-electron chi connectivity index (χ0n) is 14.4. The molecule has 0 aromatic rings. The first-order valence-electron chi connectivity index (χ1n) is 9.17. The van der Waals surface area contributed by atoms with Crippen molar-refractivity contribution in [2.45, 2.75) is 90.5 Å². The number of hydrogen-bond donors (Lipinski definition) is 0. The van der Waals surface area contributed by atoms with Crippen LogP contribution in [0.2, 0.25) is 0 Å². The van der Waals surface area contributed by atoms with Crippen LogP contribution < -0.4 is 0 Å². The Bertz CT molecular complexity index is 267. The van der Waals surface area contributed by atoms with Gasteiger partial charge in [-0.15, -0.1) is 0 Å². The SMILES string of the molecule is C=CC[N+](CCCCC)(CCCCCC)C1(CC)CC1. The van der Waals surface area contributed by atoms with Gasteiger partial charge in [0.15, 0.2) is 0 Å². The van der Waals surface area contributed by atoms with E-state index in [9.17, 15) is 0 Å². The van der Waals surface area contributed by atoms with E-state index in [1.165, 1.54) is 88.3 Å². The third-order valence-corrected chi connectivity index (χ3v) is 5.60. The van der Waals surface area contributed by atoms with Crippen LogP contribution in [0.3, 0.4) is 0 Å². The van der Waals surface area contributed by atoms with E-state index in [0.717, 1.165) is 0 Å². The summed E-state index contributed by atoms with van der Waals surface area (Å²) in [5.74, 6) is 0. The molecule has 20 heavy (non-hydrogen) atoms. The molecule has 1 aliphatic rings. The molecule has 1 fully saturated rings. The summed E-state index contributed by atoms with van der Waals surface area (Å²) in [7, 11) is 0. The maximum absolute atomic E-state index is 4.08. The molecule has 0 spiro atoms. The molecule has 1 aliphatic carbocycles. The van der Waals surface area contributed by atoms with Gasteiger partial charge >= 0.3 is 0 Å². The molecule has 0 aliphatic heterocycles. The summed E-state index contributed by atoms with van der Waals surface area (Å²) in [5.41, 5.74) is 0.619. The second kappa shape index (κ2) is 8.87. The molecule has 1 heteroatoms. The van der Waals surface area contributed by atoms with Crippen molar-refractivity contribution in [1.29, 1.82) is 0 Å². The van der Waals surface area contributed by atoms with Crippen LogP contribution in [0.4, 0.5) is 0 Å². The Hall–Kier alpha value is -0.300. The molecule has 0 heterocycles. The quantitative estimate of drug-likeness (QED) is 0.230. The Morgan fingerprint density at radius 1 is 0.900 bits per heavy atom. The highest BCUT2D eigenvalue weighted by Gasteiger charge is 2.57. The fourth-order valence-electron chi connectivity index (χ4n) is 4.02. The van der Waals surface area contributed by atoms with E-state index in [1.807, 2.05) is 0 Å². The highest BCUT2D eigenvalue weighted by molar-refractivity contribution is 4.96. The largest absolute Gasteiger partial charge is 0.316 e. The molecule has 118 valence electrons. The van der Waals surface area contributed by atoms with Crippen molar-refractivity contribution in [1.82, 2.24) is 0 Å². The molecule has 0 amide bonds. The van der Waals surface area contributed by atoms with E-state index in [4.69, 9.17) is 0 Å². The molecule has 0 radical (unpaired) electrons. The van der Waals surface area contributed by atoms with Crippen LogP contribution in [0.25, 0.3) is 0 Å². The lowest BCUT2D eigenvalue weighted by Crippen LogP contribution is -2.58. The molecule has 0 N–H and O–H groups in total. The number of rotatable bonds is 13. The molecule has 1 unspecified atom stereocenters. The zero-order chi connectivity index (χ0) is 14.9. The van der Waals surface area contributed by atoms with E-state index in [-0.39, 0.29) is 0 Å². The van der Waals surface area contributed by atoms with E-state index < -0.39 is 0 Å². The molecule has 0 saturated heterocycles. The molecule has 1 atom stereocenters. The molecular formula is C19H38N+. The molecule has 1 rings (SSSR count). The highest BCUT2D eigenvalue weighted by Crippen LogP contribution is 2.50. The van der Waals surface area contributed by atoms with Gasteiger partial charge < -0.3 is 4.48 Å². The fraction of sp³-hybridized carbons (Fsp3) is 0.895. The third-order valence-electron chi connectivity index (χ3n) is 5.60. The summed E-state index contributed by atoms with van der Waals surface area (Å²) < 4.78 is 1.36. The first-order valence-corrected chi connectivity index (χ1v) is 9.17. The van der Waals surface area contributed by atoms with Crippen molar-refractivity contribution < 1.29 is 4.48 Å². The Balaban J connectivity index is 2.69. The Kier molecular flexibility index (Phi) is 7.87. The van der Waals surface area contributed by atoms with Gasteiger partial charge in [0.1, 0.15) is 0 Å². The minimum atomic E-state index is 0.619. The van der Waals surface area contributed by atoms with Crippen molar-refractivity contribution in [3.63, 3.8) is 0 Å². The highest BCUT2D eigenvalue weighted by atomic mass is 15.4. The predicted molar refractivity (Wildman–Crippen MR) is 91.0 cm³/mol. The fourth-order valence-corrected chi connectivity index (χ4v) is 4.02. The Labute approximate surface area is 128 Å². The first-order chi connectivity index (χ1) is 9.70. The van der Waals surface area contributed by atoms with Crippen LogP contribution in [0.5, 0.6) is 0 Å². The van der Waals surface area contributed by atoms with Crippen LogP contribution in [-0.2, 0) is 0 Å². The number of unbranched alkanes of at least 4 members (excludes halogenated alkanes) is 5. The van der Waals surface area contributed by atoms with Gasteiger partial charge in [-0.25, -0.2) is 0 Å². The van der Waals surface area contributed by atoms with Gasteiger partial charge in [-0.2, -0.15) is 0 Å². The molecule has 1 nitrogen and oxygen atoms in total. The molecule has 1 saturated carbocycles. The van der Waals surface area contributed by atoms with Gasteiger partial charge in [0.05, 0.1) is 25.2 Å². The standard InChI is InChI=1S/C19H38N/c1-5-9-11-13-18-20(16-7-3,17-12-10-6-2)19(8-4)14-15-19/h7H,3,5-6,8-18H2,1-2,4H3/q+1. The van der Waals surface area contributed by atoms with Gasteiger partial charge in [-0.05, 0) is 38.2 Å². The topological polar surface area (TPSA) is 0 Å². The normalized spacial score (nSPS) is 19.6. The number of quaternary nitrogens is 1.